The van der Waals surface area contributed by atoms with Crippen LogP contribution in [0.1, 0.15) is 66.2 Å². The number of aliphatic imine (C=N–C) groups is 1. The molecule has 126 valence electrons. The van der Waals surface area contributed by atoms with Crippen LogP contribution in [-0.2, 0) is 0 Å². The Hall–Kier alpha value is -0.720. The summed E-state index contributed by atoms with van der Waals surface area (Å²) in [5.74, 6) is 2.18. The number of isothiocyanates is 1. The molecule has 1 fully saturated rings. The Balaban J connectivity index is 1.95. The van der Waals surface area contributed by atoms with E-state index in [0.717, 1.165) is 18.4 Å². The zero-order chi connectivity index (χ0) is 16.7. The van der Waals surface area contributed by atoms with Gasteiger partial charge in [0.05, 0.1) is 11.7 Å². The zero-order valence-electron chi connectivity index (χ0n) is 15.2. The van der Waals surface area contributed by atoms with Crippen LogP contribution in [-0.4, -0.2) is 11.7 Å². The van der Waals surface area contributed by atoms with Crippen LogP contribution in [0.4, 0.5) is 0 Å². The van der Waals surface area contributed by atoms with Gasteiger partial charge >= 0.3 is 0 Å². The highest BCUT2D eigenvalue weighted by Crippen LogP contribution is 2.62. The van der Waals surface area contributed by atoms with E-state index < -0.39 is 0 Å². The molecule has 0 amide bonds. The highest BCUT2D eigenvalue weighted by atomic mass is 32.1. The molecule has 0 bridgehead atoms. The van der Waals surface area contributed by atoms with Crippen molar-refractivity contribution in [3.8, 4) is 0 Å². The number of fused-ring (bicyclic) bond motifs is 3. The van der Waals surface area contributed by atoms with Crippen molar-refractivity contribution in [1.29, 1.82) is 0 Å². The van der Waals surface area contributed by atoms with Crippen LogP contribution in [0.25, 0.3) is 0 Å². The summed E-state index contributed by atoms with van der Waals surface area (Å²) in [6.45, 7) is 10.5. The summed E-state index contributed by atoms with van der Waals surface area (Å²) in [5.41, 5.74) is 4.02. The highest BCUT2D eigenvalue weighted by molar-refractivity contribution is 7.78. The molecule has 0 aromatic heterocycles. The fraction of sp³-hybridized carbons (Fsp3) is 0.762. The maximum absolute atomic E-state index is 4.84. The first-order chi connectivity index (χ1) is 10.9. The molecule has 0 aromatic carbocycles. The van der Waals surface area contributed by atoms with E-state index >= 15 is 0 Å². The smallest absolute Gasteiger partial charge is 0.0585 e. The minimum absolute atomic E-state index is 0.295. The van der Waals surface area contributed by atoms with Gasteiger partial charge in [0, 0.05) is 0 Å². The number of rotatable bonds is 3. The first kappa shape index (κ1) is 17.1. The van der Waals surface area contributed by atoms with Crippen LogP contribution < -0.4 is 0 Å². The number of hydrogen-bond acceptors (Lipinski definition) is 2. The largest absolute Gasteiger partial charge is 0.232 e. The SMILES string of the molecule is CC(C)C1=CC2=CCC3[C@@](C)(CN=C=S)CCC[C@]3(C)[C@@H]2CC1. The maximum Gasteiger partial charge on any atom is 0.0585 e. The van der Waals surface area contributed by atoms with Crippen LogP contribution in [0.3, 0.4) is 0 Å². The summed E-state index contributed by atoms with van der Waals surface area (Å²) in [7, 11) is 0. The molecular formula is C21H31NS. The van der Waals surface area contributed by atoms with Crippen LogP contribution >= 0.6 is 12.2 Å². The average Bonchev–Trinajstić information content (AvgIpc) is 2.52. The monoisotopic (exact) mass is 329 g/mol. The third kappa shape index (κ3) is 2.89. The van der Waals surface area contributed by atoms with Crippen LogP contribution in [0.15, 0.2) is 28.3 Å². The molecule has 1 unspecified atom stereocenters. The molecule has 0 aliphatic heterocycles. The molecule has 0 heterocycles. The molecular weight excluding hydrogens is 298 g/mol. The first-order valence-electron chi connectivity index (χ1n) is 9.35. The lowest BCUT2D eigenvalue weighted by molar-refractivity contribution is -0.0435. The van der Waals surface area contributed by atoms with Crippen LogP contribution in [0.2, 0.25) is 0 Å². The van der Waals surface area contributed by atoms with Crippen molar-refractivity contribution in [2.24, 2.45) is 33.6 Å². The van der Waals surface area contributed by atoms with E-state index in [0.29, 0.717) is 16.7 Å². The van der Waals surface area contributed by atoms with Crippen molar-refractivity contribution in [2.75, 3.05) is 6.54 Å². The molecule has 23 heavy (non-hydrogen) atoms. The van der Waals surface area contributed by atoms with Crippen molar-refractivity contribution < 1.29 is 0 Å². The fourth-order valence-corrected chi connectivity index (χ4v) is 5.94. The summed E-state index contributed by atoms with van der Waals surface area (Å²) >= 11 is 4.84. The van der Waals surface area contributed by atoms with Gasteiger partial charge in [-0.15, -0.1) is 0 Å². The van der Waals surface area contributed by atoms with Crippen molar-refractivity contribution in [3.05, 3.63) is 23.3 Å². The topological polar surface area (TPSA) is 12.4 Å². The van der Waals surface area contributed by atoms with Gasteiger partial charge in [-0.3, -0.25) is 0 Å². The Bertz CT molecular complexity index is 581. The third-order valence-electron chi connectivity index (χ3n) is 7.21. The van der Waals surface area contributed by atoms with E-state index in [1.807, 2.05) is 0 Å². The molecule has 4 atom stereocenters. The number of thiocarbonyl (C=S) groups is 1. The van der Waals surface area contributed by atoms with Gasteiger partial charge < -0.3 is 0 Å². The van der Waals surface area contributed by atoms with Gasteiger partial charge in [0.1, 0.15) is 0 Å². The van der Waals surface area contributed by atoms with Crippen molar-refractivity contribution in [1.82, 2.24) is 0 Å². The average molecular weight is 330 g/mol. The van der Waals surface area contributed by atoms with E-state index in [4.69, 9.17) is 12.2 Å². The van der Waals surface area contributed by atoms with E-state index in [-0.39, 0.29) is 0 Å². The molecule has 0 aromatic rings. The number of allylic oxidation sites excluding steroid dienone is 4. The second kappa shape index (κ2) is 6.30. The second-order valence-electron chi connectivity index (χ2n) is 8.88. The summed E-state index contributed by atoms with van der Waals surface area (Å²) in [6.07, 6.45) is 12.9. The van der Waals surface area contributed by atoms with Gasteiger partial charge in [-0.2, -0.15) is 0 Å². The molecule has 0 saturated heterocycles. The van der Waals surface area contributed by atoms with Gasteiger partial charge in [0.2, 0.25) is 0 Å². The predicted molar refractivity (Wildman–Crippen MR) is 102 cm³/mol. The Kier molecular flexibility index (Phi) is 4.69. The molecule has 3 aliphatic rings. The van der Waals surface area contributed by atoms with Crippen LogP contribution in [0.5, 0.6) is 0 Å². The fourth-order valence-electron chi connectivity index (χ4n) is 5.88. The van der Waals surface area contributed by atoms with Gasteiger partial charge in [0.15, 0.2) is 0 Å². The van der Waals surface area contributed by atoms with Crippen molar-refractivity contribution >= 4 is 17.4 Å². The Morgan fingerprint density at radius 1 is 1.35 bits per heavy atom. The summed E-state index contributed by atoms with van der Waals surface area (Å²) in [6, 6.07) is 0. The molecule has 3 aliphatic carbocycles. The number of nitrogens with zero attached hydrogens (tertiary/aromatic N) is 1. The molecule has 0 spiro atoms. The van der Waals surface area contributed by atoms with E-state index in [1.165, 1.54) is 38.5 Å². The summed E-state index contributed by atoms with van der Waals surface area (Å²) in [5, 5.41) is 2.61. The third-order valence-corrected chi connectivity index (χ3v) is 7.34. The maximum atomic E-state index is 4.84. The minimum atomic E-state index is 0.295. The lowest BCUT2D eigenvalue weighted by atomic mass is 9.47. The normalized spacial score (nSPS) is 39.7. The summed E-state index contributed by atoms with van der Waals surface area (Å²) < 4.78 is 0. The number of hydrogen-bond donors (Lipinski definition) is 0. The predicted octanol–water partition coefficient (Wildman–Crippen LogP) is 6.22. The van der Waals surface area contributed by atoms with E-state index in [1.54, 1.807) is 11.1 Å². The van der Waals surface area contributed by atoms with E-state index in [2.05, 4.69) is 50.0 Å². The van der Waals surface area contributed by atoms with E-state index in [9.17, 15) is 0 Å². The Morgan fingerprint density at radius 2 is 2.13 bits per heavy atom. The highest BCUT2D eigenvalue weighted by Gasteiger charge is 2.54. The molecule has 3 rings (SSSR count). The molecule has 0 N–H and O–H groups in total. The standard InChI is InChI=1S/C21H31NS/c1-15(2)16-6-8-18-17(12-16)7-9-19-20(3,13-22-14-23)10-5-11-21(18,19)4/h7,12,15,18-19H,5-6,8-11,13H2,1-4H3/t18-,19?,20-,21-/m1/s1. The van der Waals surface area contributed by atoms with Gasteiger partial charge in [-0.25, -0.2) is 4.99 Å². The van der Waals surface area contributed by atoms with Gasteiger partial charge in [-0.05, 0) is 78.5 Å². The minimum Gasteiger partial charge on any atom is -0.232 e. The first-order valence-corrected chi connectivity index (χ1v) is 9.76. The van der Waals surface area contributed by atoms with Gasteiger partial charge in [-0.1, -0.05) is 51.8 Å². The zero-order valence-corrected chi connectivity index (χ0v) is 16.0. The lowest BCUT2D eigenvalue weighted by Gasteiger charge is -2.58. The second-order valence-corrected chi connectivity index (χ2v) is 9.06. The van der Waals surface area contributed by atoms with Gasteiger partial charge in [0.25, 0.3) is 0 Å². The van der Waals surface area contributed by atoms with Crippen molar-refractivity contribution in [3.63, 3.8) is 0 Å². The molecule has 1 saturated carbocycles. The quantitative estimate of drug-likeness (QED) is 0.442. The Morgan fingerprint density at radius 3 is 2.83 bits per heavy atom. The van der Waals surface area contributed by atoms with Crippen molar-refractivity contribution in [2.45, 2.75) is 66.2 Å². The Labute approximate surface area is 147 Å². The van der Waals surface area contributed by atoms with Crippen LogP contribution in [0, 0.1) is 28.6 Å². The molecule has 2 heteroatoms. The summed E-state index contributed by atoms with van der Waals surface area (Å²) in [4.78, 5) is 4.36. The molecule has 0 radical (unpaired) electrons. The molecule has 1 nitrogen and oxygen atoms in total. The lowest BCUT2D eigenvalue weighted by Crippen LogP contribution is -2.51.